The molecule has 0 heterocycles. The first-order chi connectivity index (χ1) is 12.2. The second-order valence-electron chi connectivity index (χ2n) is 6.16. The normalized spacial score (nSPS) is 10.8. The van der Waals surface area contributed by atoms with Crippen LogP contribution in [0.2, 0.25) is 0 Å². The van der Waals surface area contributed by atoms with Crippen LogP contribution in [0.3, 0.4) is 0 Å². The Morgan fingerprint density at radius 1 is 0.720 bits per heavy atom. The van der Waals surface area contributed by atoms with Gasteiger partial charge in [-0.05, 0) is 59.2 Å². The predicted octanol–water partition coefficient (Wildman–Crippen LogP) is 7.32. The highest BCUT2D eigenvalue weighted by molar-refractivity contribution is 9.10. The average molecular weight is 388 g/mol. The van der Waals surface area contributed by atoms with Crippen LogP contribution in [0.1, 0.15) is 5.56 Å². The lowest BCUT2D eigenvalue weighted by Gasteiger charge is -2.17. The number of anilines is 2. The molecule has 0 aromatic heterocycles. The van der Waals surface area contributed by atoms with Crippen LogP contribution in [-0.4, -0.2) is 0 Å². The van der Waals surface area contributed by atoms with Crippen LogP contribution >= 0.6 is 15.9 Å². The number of halogens is 1. The third kappa shape index (κ3) is 3.18. The maximum absolute atomic E-state index is 3.58. The van der Waals surface area contributed by atoms with Gasteiger partial charge in [-0.2, -0.15) is 0 Å². The van der Waals surface area contributed by atoms with Crippen molar-refractivity contribution in [2.75, 3.05) is 5.32 Å². The van der Waals surface area contributed by atoms with Gasteiger partial charge in [-0.3, -0.25) is 0 Å². The zero-order valence-corrected chi connectivity index (χ0v) is 15.5. The Hall–Kier alpha value is -2.58. The second-order valence-corrected chi connectivity index (χ2v) is 7.07. The van der Waals surface area contributed by atoms with E-state index < -0.39 is 0 Å². The van der Waals surface area contributed by atoms with Gasteiger partial charge in [0, 0.05) is 21.4 Å². The maximum atomic E-state index is 3.58. The van der Waals surface area contributed by atoms with Crippen molar-refractivity contribution in [2.24, 2.45) is 0 Å². The summed E-state index contributed by atoms with van der Waals surface area (Å²) in [5, 5.41) is 6.12. The van der Waals surface area contributed by atoms with E-state index in [9.17, 15) is 0 Å². The minimum atomic E-state index is 1.08. The molecular weight excluding hydrogens is 370 g/mol. The van der Waals surface area contributed by atoms with Crippen molar-refractivity contribution < 1.29 is 0 Å². The fraction of sp³-hybridized carbons (Fsp3) is 0.0435. The molecule has 0 amide bonds. The first-order valence-electron chi connectivity index (χ1n) is 8.33. The van der Waals surface area contributed by atoms with Crippen molar-refractivity contribution in [1.29, 1.82) is 0 Å². The molecule has 0 unspecified atom stereocenters. The fourth-order valence-corrected chi connectivity index (χ4v) is 3.53. The second kappa shape index (κ2) is 6.73. The van der Waals surface area contributed by atoms with Gasteiger partial charge in [-0.15, -0.1) is 0 Å². The summed E-state index contributed by atoms with van der Waals surface area (Å²) in [5.41, 5.74) is 5.98. The number of hydrogen-bond donors (Lipinski definition) is 1. The Balaban J connectivity index is 1.88. The largest absolute Gasteiger partial charge is 0.355 e. The van der Waals surface area contributed by atoms with Crippen LogP contribution in [-0.2, 0) is 0 Å². The molecule has 122 valence electrons. The van der Waals surface area contributed by atoms with Crippen LogP contribution in [0.4, 0.5) is 11.4 Å². The van der Waals surface area contributed by atoms with E-state index >= 15 is 0 Å². The minimum absolute atomic E-state index is 1.08. The predicted molar refractivity (Wildman–Crippen MR) is 112 cm³/mol. The topological polar surface area (TPSA) is 12.0 Å². The highest BCUT2D eigenvalue weighted by atomic mass is 79.9. The molecule has 0 radical (unpaired) electrons. The number of fused-ring (bicyclic) bond motifs is 1. The van der Waals surface area contributed by atoms with E-state index in [2.05, 4.69) is 113 Å². The molecule has 1 nitrogen and oxygen atoms in total. The molecule has 4 rings (SSSR count). The Morgan fingerprint density at radius 3 is 2.28 bits per heavy atom. The Morgan fingerprint density at radius 2 is 1.44 bits per heavy atom. The van der Waals surface area contributed by atoms with Gasteiger partial charge >= 0.3 is 0 Å². The lowest BCUT2D eigenvalue weighted by atomic mass is 9.93. The number of benzene rings is 4. The molecule has 0 atom stereocenters. The van der Waals surface area contributed by atoms with Crippen molar-refractivity contribution >= 4 is 38.1 Å². The van der Waals surface area contributed by atoms with Gasteiger partial charge in [0.1, 0.15) is 0 Å². The highest BCUT2D eigenvalue weighted by Crippen LogP contribution is 2.37. The Kier molecular flexibility index (Phi) is 4.29. The van der Waals surface area contributed by atoms with Crippen molar-refractivity contribution in [1.82, 2.24) is 0 Å². The monoisotopic (exact) mass is 387 g/mol. The van der Waals surface area contributed by atoms with Crippen molar-refractivity contribution in [3.8, 4) is 11.1 Å². The Labute approximate surface area is 156 Å². The van der Waals surface area contributed by atoms with Crippen LogP contribution in [0.15, 0.2) is 89.4 Å². The number of hydrogen-bond acceptors (Lipinski definition) is 1. The number of rotatable bonds is 3. The molecule has 0 fully saturated rings. The molecular formula is C23H18BrN. The molecule has 0 saturated carbocycles. The molecule has 0 aliphatic carbocycles. The van der Waals surface area contributed by atoms with Gasteiger partial charge in [-0.1, -0.05) is 70.5 Å². The van der Waals surface area contributed by atoms with Gasteiger partial charge in [0.2, 0.25) is 0 Å². The molecule has 4 aromatic rings. The molecule has 0 spiro atoms. The van der Waals surface area contributed by atoms with E-state index in [0.717, 1.165) is 15.8 Å². The molecule has 1 N–H and O–H groups in total. The van der Waals surface area contributed by atoms with Crippen molar-refractivity contribution in [2.45, 2.75) is 6.92 Å². The lowest BCUT2D eigenvalue weighted by Crippen LogP contribution is -1.96. The molecule has 0 aliphatic heterocycles. The van der Waals surface area contributed by atoms with Crippen LogP contribution in [0.25, 0.3) is 21.9 Å². The standard InChI is InChI=1S/C23H18BrN/c1-16-6-4-11-22(25-19-14-12-18(24)13-15-19)23(16)21-10-5-8-17-7-2-3-9-20(17)21/h2-15,25H,1H3. The first-order valence-corrected chi connectivity index (χ1v) is 9.12. The summed E-state index contributed by atoms with van der Waals surface area (Å²) in [6.45, 7) is 2.17. The summed E-state index contributed by atoms with van der Waals surface area (Å²) in [6.07, 6.45) is 0. The fourth-order valence-electron chi connectivity index (χ4n) is 3.26. The molecule has 0 aliphatic rings. The summed E-state index contributed by atoms with van der Waals surface area (Å²) in [6, 6.07) is 29.7. The van der Waals surface area contributed by atoms with Gasteiger partial charge in [0.15, 0.2) is 0 Å². The third-order valence-corrected chi connectivity index (χ3v) is 4.98. The zero-order chi connectivity index (χ0) is 17.2. The van der Waals surface area contributed by atoms with E-state index in [1.54, 1.807) is 0 Å². The molecule has 25 heavy (non-hydrogen) atoms. The van der Waals surface area contributed by atoms with Crippen LogP contribution in [0.5, 0.6) is 0 Å². The Bertz CT molecular complexity index is 1030. The van der Waals surface area contributed by atoms with Gasteiger partial charge in [0.25, 0.3) is 0 Å². The molecule has 2 heteroatoms. The number of aryl methyl sites for hydroxylation is 1. The van der Waals surface area contributed by atoms with Crippen molar-refractivity contribution in [3.05, 3.63) is 95.0 Å². The summed E-state index contributed by atoms with van der Waals surface area (Å²) in [4.78, 5) is 0. The smallest absolute Gasteiger partial charge is 0.0466 e. The van der Waals surface area contributed by atoms with Gasteiger partial charge in [-0.25, -0.2) is 0 Å². The van der Waals surface area contributed by atoms with Crippen molar-refractivity contribution in [3.63, 3.8) is 0 Å². The molecule has 4 aromatic carbocycles. The summed E-state index contributed by atoms with van der Waals surface area (Å²) in [7, 11) is 0. The summed E-state index contributed by atoms with van der Waals surface area (Å²) >= 11 is 3.49. The van der Waals surface area contributed by atoms with Gasteiger partial charge < -0.3 is 5.32 Å². The van der Waals surface area contributed by atoms with Gasteiger partial charge in [0.05, 0.1) is 0 Å². The quantitative estimate of drug-likeness (QED) is 0.388. The molecule has 0 bridgehead atoms. The average Bonchev–Trinajstić information content (AvgIpc) is 2.64. The summed E-state index contributed by atoms with van der Waals surface area (Å²) < 4.78 is 1.08. The maximum Gasteiger partial charge on any atom is 0.0466 e. The summed E-state index contributed by atoms with van der Waals surface area (Å²) in [5.74, 6) is 0. The lowest BCUT2D eigenvalue weighted by molar-refractivity contribution is 1.44. The number of nitrogens with one attached hydrogen (secondary N) is 1. The van der Waals surface area contributed by atoms with E-state index in [1.165, 1.54) is 27.5 Å². The first kappa shape index (κ1) is 15.9. The van der Waals surface area contributed by atoms with E-state index in [1.807, 2.05) is 0 Å². The van der Waals surface area contributed by atoms with E-state index in [-0.39, 0.29) is 0 Å². The SMILES string of the molecule is Cc1cccc(Nc2ccc(Br)cc2)c1-c1cccc2ccccc12. The van der Waals surface area contributed by atoms with Crippen LogP contribution in [0, 0.1) is 6.92 Å². The highest BCUT2D eigenvalue weighted by Gasteiger charge is 2.11. The molecule has 0 saturated heterocycles. The van der Waals surface area contributed by atoms with E-state index in [4.69, 9.17) is 0 Å². The van der Waals surface area contributed by atoms with Crippen LogP contribution < -0.4 is 5.32 Å². The minimum Gasteiger partial charge on any atom is -0.355 e. The third-order valence-electron chi connectivity index (χ3n) is 4.45. The van der Waals surface area contributed by atoms with E-state index in [0.29, 0.717) is 0 Å². The zero-order valence-electron chi connectivity index (χ0n) is 14.0.